The van der Waals surface area contributed by atoms with Crippen LogP contribution in [0.5, 0.6) is 0 Å². The van der Waals surface area contributed by atoms with Gasteiger partial charge in [0.15, 0.2) is 0 Å². The van der Waals surface area contributed by atoms with Gasteiger partial charge in [0.25, 0.3) is 0 Å². The zero-order valence-corrected chi connectivity index (χ0v) is 19.3. The quantitative estimate of drug-likeness (QED) is 0.427. The molecule has 6 heteroatoms. The molecule has 0 saturated heterocycles. The summed E-state index contributed by atoms with van der Waals surface area (Å²) >= 11 is 2.16. The SMILES string of the molecule is Cc1cccc(C(=O)OC2C3CC(C4CCC(=O)C43)C2OC(=O)c2cccc(I)c2)c1. The van der Waals surface area contributed by atoms with Crippen LogP contribution < -0.4 is 0 Å². The fraction of sp³-hybridized carbons (Fsp3) is 0.400. The van der Waals surface area contributed by atoms with Gasteiger partial charge in [0.1, 0.15) is 18.0 Å². The first-order valence-corrected chi connectivity index (χ1v) is 11.8. The molecule has 31 heavy (non-hydrogen) atoms. The number of rotatable bonds is 4. The van der Waals surface area contributed by atoms with Crippen LogP contribution in [0.3, 0.4) is 0 Å². The van der Waals surface area contributed by atoms with E-state index < -0.39 is 24.1 Å². The highest BCUT2D eigenvalue weighted by Crippen LogP contribution is 2.59. The molecule has 0 amide bonds. The summed E-state index contributed by atoms with van der Waals surface area (Å²) in [4.78, 5) is 38.3. The minimum Gasteiger partial charge on any atom is -0.455 e. The lowest BCUT2D eigenvalue weighted by Gasteiger charge is -2.36. The summed E-state index contributed by atoms with van der Waals surface area (Å²) in [6, 6.07) is 14.5. The summed E-state index contributed by atoms with van der Waals surface area (Å²) in [6.07, 6.45) is 1.06. The first kappa shape index (κ1) is 20.7. The smallest absolute Gasteiger partial charge is 0.338 e. The van der Waals surface area contributed by atoms with Crippen molar-refractivity contribution in [1.29, 1.82) is 0 Å². The number of carbonyl (C=O) groups excluding carboxylic acids is 3. The number of ether oxygens (including phenoxy) is 2. The number of aryl methyl sites for hydroxylation is 1. The van der Waals surface area contributed by atoms with Crippen LogP contribution in [0.15, 0.2) is 48.5 Å². The summed E-state index contributed by atoms with van der Waals surface area (Å²) in [5, 5.41) is 0. The molecule has 5 nitrogen and oxygen atoms in total. The van der Waals surface area contributed by atoms with Gasteiger partial charge in [-0.2, -0.15) is 0 Å². The molecular weight excluding hydrogens is 507 g/mol. The van der Waals surface area contributed by atoms with Crippen molar-refractivity contribution in [2.24, 2.45) is 23.7 Å². The second kappa shape index (κ2) is 8.04. The number of benzene rings is 2. The maximum absolute atomic E-state index is 12.9. The van der Waals surface area contributed by atoms with Crippen LogP contribution in [0.25, 0.3) is 0 Å². The first-order valence-electron chi connectivity index (χ1n) is 10.7. The molecule has 0 N–H and O–H groups in total. The van der Waals surface area contributed by atoms with Crippen molar-refractivity contribution in [2.75, 3.05) is 0 Å². The summed E-state index contributed by atoms with van der Waals surface area (Å²) in [7, 11) is 0. The van der Waals surface area contributed by atoms with E-state index in [1.807, 2.05) is 31.2 Å². The van der Waals surface area contributed by atoms with Crippen LogP contribution in [0.1, 0.15) is 45.5 Å². The van der Waals surface area contributed by atoms with E-state index in [4.69, 9.17) is 9.47 Å². The van der Waals surface area contributed by atoms with Gasteiger partial charge in [-0.05, 0) is 78.6 Å². The van der Waals surface area contributed by atoms with E-state index in [0.717, 1.165) is 22.0 Å². The lowest BCUT2D eigenvalue weighted by molar-refractivity contribution is -0.127. The van der Waals surface area contributed by atoms with E-state index in [1.54, 1.807) is 24.3 Å². The van der Waals surface area contributed by atoms with Crippen molar-refractivity contribution in [1.82, 2.24) is 0 Å². The normalized spacial score (nSPS) is 30.8. The molecule has 0 spiro atoms. The summed E-state index contributed by atoms with van der Waals surface area (Å²) in [5.41, 5.74) is 1.92. The molecule has 3 saturated carbocycles. The van der Waals surface area contributed by atoms with E-state index in [1.165, 1.54) is 0 Å². The Morgan fingerprint density at radius 2 is 1.55 bits per heavy atom. The number of carbonyl (C=O) groups is 3. The minimum atomic E-state index is -0.590. The molecule has 3 aliphatic rings. The molecule has 0 heterocycles. The lowest BCUT2D eigenvalue weighted by atomic mass is 9.78. The van der Waals surface area contributed by atoms with E-state index >= 15 is 0 Å². The number of hydrogen-bond acceptors (Lipinski definition) is 5. The Kier molecular flexibility index (Phi) is 5.36. The third-order valence-corrected chi connectivity index (χ3v) is 7.75. The summed E-state index contributed by atoms with van der Waals surface area (Å²) in [5.74, 6) is -0.451. The standard InChI is InChI=1S/C25H23IO5/c1-13-4-2-5-14(10-13)24(28)31-23-19-12-18(17-8-9-20(27)21(17)19)22(23)30-25(29)15-6-3-7-16(26)11-15/h2-7,10-11,17-19,21-23H,8-9,12H2,1H3. The average molecular weight is 530 g/mol. The van der Waals surface area contributed by atoms with E-state index in [2.05, 4.69) is 22.6 Å². The molecule has 0 aromatic heterocycles. The number of fused-ring (bicyclic) bond motifs is 5. The van der Waals surface area contributed by atoms with Gasteiger partial charge in [0.05, 0.1) is 11.1 Å². The summed E-state index contributed by atoms with van der Waals surface area (Å²) in [6.45, 7) is 1.92. The van der Waals surface area contributed by atoms with Crippen LogP contribution in [0.2, 0.25) is 0 Å². The molecule has 0 aliphatic heterocycles. The van der Waals surface area contributed by atoms with Gasteiger partial charge >= 0.3 is 11.9 Å². The minimum absolute atomic E-state index is 0.0588. The molecule has 0 radical (unpaired) electrons. The topological polar surface area (TPSA) is 69.7 Å². The lowest BCUT2D eigenvalue weighted by Crippen LogP contribution is -2.46. The Morgan fingerprint density at radius 1 is 0.903 bits per heavy atom. The second-order valence-electron chi connectivity index (χ2n) is 8.88. The average Bonchev–Trinajstić information content (AvgIpc) is 3.41. The van der Waals surface area contributed by atoms with E-state index in [0.29, 0.717) is 17.5 Å². The Balaban J connectivity index is 1.41. The van der Waals surface area contributed by atoms with Gasteiger partial charge in [-0.25, -0.2) is 9.59 Å². The molecule has 6 unspecified atom stereocenters. The zero-order valence-electron chi connectivity index (χ0n) is 17.1. The Bertz CT molecular complexity index is 1060. The monoisotopic (exact) mass is 530 g/mol. The van der Waals surface area contributed by atoms with Crippen molar-refractivity contribution in [3.8, 4) is 0 Å². The van der Waals surface area contributed by atoms with Crippen molar-refractivity contribution >= 4 is 40.3 Å². The Labute approximate surface area is 194 Å². The highest BCUT2D eigenvalue weighted by molar-refractivity contribution is 14.1. The number of halogens is 1. The number of esters is 2. The third-order valence-electron chi connectivity index (χ3n) is 7.08. The fourth-order valence-electron chi connectivity index (χ4n) is 5.85. The maximum atomic E-state index is 12.9. The van der Waals surface area contributed by atoms with Gasteiger partial charge in [-0.1, -0.05) is 23.8 Å². The van der Waals surface area contributed by atoms with Gasteiger partial charge in [0.2, 0.25) is 0 Å². The van der Waals surface area contributed by atoms with E-state index in [-0.39, 0.29) is 29.5 Å². The molecular formula is C25H23IO5. The van der Waals surface area contributed by atoms with Gasteiger partial charge in [-0.3, -0.25) is 4.79 Å². The first-order chi connectivity index (χ1) is 14.9. The number of hydrogen-bond donors (Lipinski definition) is 0. The third kappa shape index (κ3) is 3.69. The molecule has 160 valence electrons. The van der Waals surface area contributed by atoms with Crippen LogP contribution in [-0.4, -0.2) is 29.9 Å². The molecule has 2 aromatic rings. The highest BCUT2D eigenvalue weighted by Gasteiger charge is 2.64. The molecule has 3 fully saturated rings. The van der Waals surface area contributed by atoms with Crippen molar-refractivity contribution < 1.29 is 23.9 Å². The molecule has 3 aliphatic carbocycles. The fourth-order valence-corrected chi connectivity index (χ4v) is 6.39. The summed E-state index contributed by atoms with van der Waals surface area (Å²) < 4.78 is 12.9. The van der Waals surface area contributed by atoms with E-state index in [9.17, 15) is 14.4 Å². The number of ketones is 1. The second-order valence-corrected chi connectivity index (χ2v) is 10.1. The molecule has 2 bridgehead atoms. The van der Waals surface area contributed by atoms with Crippen LogP contribution in [-0.2, 0) is 14.3 Å². The van der Waals surface area contributed by atoms with Crippen LogP contribution >= 0.6 is 22.6 Å². The van der Waals surface area contributed by atoms with Gasteiger partial charge in [-0.15, -0.1) is 0 Å². The maximum Gasteiger partial charge on any atom is 0.338 e. The van der Waals surface area contributed by atoms with Crippen molar-refractivity contribution in [3.05, 3.63) is 68.8 Å². The molecule has 5 rings (SSSR count). The number of Topliss-reactive ketones (excluding diaryl/α,β-unsaturated/α-hetero) is 1. The van der Waals surface area contributed by atoms with Gasteiger partial charge in [0, 0.05) is 27.7 Å². The van der Waals surface area contributed by atoms with Crippen LogP contribution in [0, 0.1) is 34.2 Å². The molecule has 6 atom stereocenters. The molecule has 2 aromatic carbocycles. The highest BCUT2D eigenvalue weighted by atomic mass is 127. The predicted octanol–water partition coefficient (Wildman–Crippen LogP) is 4.60. The van der Waals surface area contributed by atoms with Crippen molar-refractivity contribution in [3.63, 3.8) is 0 Å². The predicted molar refractivity (Wildman–Crippen MR) is 122 cm³/mol. The zero-order chi connectivity index (χ0) is 21.7. The van der Waals surface area contributed by atoms with Crippen LogP contribution in [0.4, 0.5) is 0 Å². The Morgan fingerprint density at radius 3 is 2.23 bits per heavy atom. The van der Waals surface area contributed by atoms with Gasteiger partial charge < -0.3 is 9.47 Å². The van der Waals surface area contributed by atoms with Crippen molar-refractivity contribution in [2.45, 2.75) is 38.4 Å². The Hall–Kier alpha value is -2.22. The largest absolute Gasteiger partial charge is 0.455 e.